The number of hydrogen-bond donors (Lipinski definition) is 0. The molecule has 0 saturated carbocycles. The minimum absolute atomic E-state index is 0.0335. The van der Waals surface area contributed by atoms with Crippen molar-refractivity contribution < 1.29 is 18.3 Å². The molecule has 0 saturated heterocycles. The molecule has 0 radical (unpaired) electrons. The first kappa shape index (κ1) is 17.8. The van der Waals surface area contributed by atoms with E-state index in [0.717, 1.165) is 0 Å². The van der Waals surface area contributed by atoms with Crippen LogP contribution in [0.1, 0.15) is 41.5 Å². The molecule has 0 rings (SSSR count). The van der Waals surface area contributed by atoms with Gasteiger partial charge in [-0.05, 0) is 10.8 Å². The van der Waals surface area contributed by atoms with Crippen molar-refractivity contribution in [2.45, 2.75) is 53.9 Å². The second-order valence-electron chi connectivity index (χ2n) is 7.18. The molecule has 0 aliphatic rings. The van der Waals surface area contributed by atoms with Crippen LogP contribution in [0.15, 0.2) is 0 Å². The SMILES string of the molecule is CC(C)(C)COCC(F)C(F)COCC(C)(C)C. The lowest BCUT2D eigenvalue weighted by molar-refractivity contribution is -0.0258. The molecule has 2 unspecified atom stereocenters. The van der Waals surface area contributed by atoms with Gasteiger partial charge in [0.25, 0.3) is 0 Å². The number of alkyl halides is 2. The van der Waals surface area contributed by atoms with Gasteiger partial charge in [0.15, 0.2) is 12.3 Å². The molecule has 0 aromatic rings. The fourth-order valence-electron chi connectivity index (χ4n) is 1.16. The molecule has 0 aliphatic heterocycles. The smallest absolute Gasteiger partial charge is 0.157 e. The maximum absolute atomic E-state index is 13.4. The normalized spacial score (nSPS) is 16.7. The highest BCUT2D eigenvalue weighted by Crippen LogP contribution is 2.16. The summed E-state index contributed by atoms with van der Waals surface area (Å²) in [6, 6.07) is 0. The fraction of sp³-hybridized carbons (Fsp3) is 1.00. The van der Waals surface area contributed by atoms with Crippen LogP contribution >= 0.6 is 0 Å². The van der Waals surface area contributed by atoms with Crippen molar-refractivity contribution in [2.24, 2.45) is 10.8 Å². The van der Waals surface area contributed by atoms with E-state index in [1.807, 2.05) is 41.5 Å². The monoisotopic (exact) mass is 266 g/mol. The van der Waals surface area contributed by atoms with Crippen molar-refractivity contribution in [3.8, 4) is 0 Å². The van der Waals surface area contributed by atoms with Crippen molar-refractivity contribution in [1.29, 1.82) is 0 Å². The molecule has 2 atom stereocenters. The summed E-state index contributed by atoms with van der Waals surface area (Å²) in [5, 5.41) is 0. The Morgan fingerprint density at radius 2 is 1.00 bits per heavy atom. The van der Waals surface area contributed by atoms with Gasteiger partial charge in [0.1, 0.15) is 0 Å². The Hall–Kier alpha value is -0.220. The molecule has 18 heavy (non-hydrogen) atoms. The Labute approximate surface area is 110 Å². The van der Waals surface area contributed by atoms with Crippen molar-refractivity contribution >= 4 is 0 Å². The van der Waals surface area contributed by atoms with Crippen molar-refractivity contribution in [1.82, 2.24) is 0 Å². The summed E-state index contributed by atoms with van der Waals surface area (Å²) >= 11 is 0. The predicted octanol–water partition coefficient (Wildman–Crippen LogP) is 3.79. The number of halogens is 2. The fourth-order valence-corrected chi connectivity index (χ4v) is 1.16. The summed E-state index contributed by atoms with van der Waals surface area (Å²) in [6.45, 7) is 12.3. The van der Waals surface area contributed by atoms with E-state index in [1.54, 1.807) is 0 Å². The van der Waals surface area contributed by atoms with Gasteiger partial charge >= 0.3 is 0 Å². The van der Waals surface area contributed by atoms with Crippen LogP contribution in [-0.4, -0.2) is 38.8 Å². The van der Waals surface area contributed by atoms with Gasteiger partial charge in [0.05, 0.1) is 26.4 Å². The summed E-state index contributed by atoms with van der Waals surface area (Å²) in [5.74, 6) is 0. The van der Waals surface area contributed by atoms with Crippen LogP contribution in [-0.2, 0) is 9.47 Å². The van der Waals surface area contributed by atoms with E-state index >= 15 is 0 Å². The molecule has 0 aliphatic carbocycles. The Balaban J connectivity index is 3.73. The molecule has 0 spiro atoms. The zero-order valence-corrected chi connectivity index (χ0v) is 12.6. The van der Waals surface area contributed by atoms with Crippen molar-refractivity contribution in [3.63, 3.8) is 0 Å². The van der Waals surface area contributed by atoms with Gasteiger partial charge in [-0.2, -0.15) is 0 Å². The number of hydrogen-bond acceptors (Lipinski definition) is 2. The Morgan fingerprint density at radius 3 is 1.22 bits per heavy atom. The standard InChI is InChI=1S/C14H28F2O2/c1-13(2,3)9-17-7-11(15)12(16)8-18-10-14(4,5)6/h11-12H,7-10H2,1-6H3. The first-order valence-electron chi connectivity index (χ1n) is 6.45. The van der Waals surface area contributed by atoms with Crippen molar-refractivity contribution in [3.05, 3.63) is 0 Å². The van der Waals surface area contributed by atoms with Crippen LogP contribution in [0.25, 0.3) is 0 Å². The van der Waals surface area contributed by atoms with E-state index in [4.69, 9.17) is 9.47 Å². The second-order valence-corrected chi connectivity index (χ2v) is 7.18. The minimum atomic E-state index is -1.62. The van der Waals surface area contributed by atoms with Crippen LogP contribution in [0.5, 0.6) is 0 Å². The first-order valence-corrected chi connectivity index (χ1v) is 6.45. The van der Waals surface area contributed by atoms with E-state index in [0.29, 0.717) is 13.2 Å². The number of rotatable bonds is 7. The highest BCUT2D eigenvalue weighted by Gasteiger charge is 2.23. The van der Waals surface area contributed by atoms with Gasteiger partial charge in [0, 0.05) is 0 Å². The topological polar surface area (TPSA) is 18.5 Å². The molecule has 4 heteroatoms. The predicted molar refractivity (Wildman–Crippen MR) is 70.3 cm³/mol. The molecule has 110 valence electrons. The van der Waals surface area contributed by atoms with Crippen LogP contribution in [0.2, 0.25) is 0 Å². The highest BCUT2D eigenvalue weighted by atomic mass is 19.2. The molecule has 0 heterocycles. The minimum Gasteiger partial charge on any atom is -0.378 e. The Kier molecular flexibility index (Phi) is 7.30. The third-order valence-corrected chi connectivity index (χ3v) is 2.02. The average Bonchev–Trinajstić information content (AvgIpc) is 2.13. The Morgan fingerprint density at radius 1 is 0.722 bits per heavy atom. The lowest BCUT2D eigenvalue weighted by Gasteiger charge is -2.22. The molecule has 0 fully saturated rings. The first-order chi connectivity index (χ1) is 8.01. The highest BCUT2D eigenvalue weighted by molar-refractivity contribution is 4.69. The van der Waals surface area contributed by atoms with Crippen LogP contribution in [0.3, 0.4) is 0 Å². The zero-order valence-electron chi connectivity index (χ0n) is 12.6. The largest absolute Gasteiger partial charge is 0.378 e. The molecule has 0 amide bonds. The van der Waals surface area contributed by atoms with Gasteiger partial charge in [-0.25, -0.2) is 8.78 Å². The number of ether oxygens (including phenoxy) is 2. The molecular weight excluding hydrogens is 238 g/mol. The average molecular weight is 266 g/mol. The maximum Gasteiger partial charge on any atom is 0.157 e. The molecule has 0 bridgehead atoms. The van der Waals surface area contributed by atoms with Gasteiger partial charge in [-0.1, -0.05) is 41.5 Å². The summed E-state index contributed by atoms with van der Waals surface area (Å²) in [5.41, 5.74) is -0.0669. The van der Waals surface area contributed by atoms with E-state index in [9.17, 15) is 8.78 Å². The molecule has 0 N–H and O–H groups in total. The lowest BCUT2D eigenvalue weighted by Crippen LogP contribution is -2.30. The second kappa shape index (κ2) is 7.39. The summed E-state index contributed by atoms with van der Waals surface area (Å²) in [6.07, 6.45) is -3.24. The summed E-state index contributed by atoms with van der Waals surface area (Å²) in [7, 11) is 0. The van der Waals surface area contributed by atoms with Crippen LogP contribution < -0.4 is 0 Å². The van der Waals surface area contributed by atoms with Crippen molar-refractivity contribution in [2.75, 3.05) is 26.4 Å². The third kappa shape index (κ3) is 10.9. The van der Waals surface area contributed by atoms with E-state index in [1.165, 1.54) is 0 Å². The van der Waals surface area contributed by atoms with Gasteiger partial charge in [0.2, 0.25) is 0 Å². The van der Waals surface area contributed by atoms with Gasteiger partial charge < -0.3 is 9.47 Å². The van der Waals surface area contributed by atoms with Crippen LogP contribution in [0, 0.1) is 10.8 Å². The Bertz CT molecular complexity index is 195. The van der Waals surface area contributed by atoms with E-state index < -0.39 is 12.3 Å². The van der Waals surface area contributed by atoms with Gasteiger partial charge in [-0.15, -0.1) is 0 Å². The lowest BCUT2D eigenvalue weighted by atomic mass is 9.98. The molecule has 0 aromatic carbocycles. The molecule has 0 aromatic heterocycles. The zero-order chi connectivity index (χ0) is 14.4. The van der Waals surface area contributed by atoms with Gasteiger partial charge in [-0.3, -0.25) is 0 Å². The molecular formula is C14H28F2O2. The summed E-state index contributed by atoms with van der Waals surface area (Å²) < 4.78 is 37.1. The quantitative estimate of drug-likeness (QED) is 0.698. The van der Waals surface area contributed by atoms with E-state index in [2.05, 4.69) is 0 Å². The maximum atomic E-state index is 13.4. The third-order valence-electron chi connectivity index (χ3n) is 2.02. The summed E-state index contributed by atoms with van der Waals surface area (Å²) in [4.78, 5) is 0. The molecule has 2 nitrogen and oxygen atoms in total. The van der Waals surface area contributed by atoms with Crippen LogP contribution in [0.4, 0.5) is 8.78 Å². The van der Waals surface area contributed by atoms with E-state index in [-0.39, 0.29) is 24.0 Å².